The van der Waals surface area contributed by atoms with Crippen molar-refractivity contribution >= 4 is 27.0 Å². The Balaban J connectivity index is 2.32. The van der Waals surface area contributed by atoms with Gasteiger partial charge in [0.1, 0.15) is 4.21 Å². The van der Waals surface area contributed by atoms with Crippen LogP contribution in [0.3, 0.4) is 0 Å². The van der Waals surface area contributed by atoms with Crippen LogP contribution in [0.1, 0.15) is 10.4 Å². The maximum absolute atomic E-state index is 13.0. The molecule has 2 aromatic rings. The highest BCUT2D eigenvalue weighted by molar-refractivity contribution is 7.94. The minimum atomic E-state index is -3.89. The molecular weight excluding hydrogens is 308 g/mol. The summed E-state index contributed by atoms with van der Waals surface area (Å²) in [6.45, 7) is 1.43. The summed E-state index contributed by atoms with van der Waals surface area (Å²) in [5.74, 6) is -2.19. The molecule has 0 aliphatic carbocycles. The molecule has 4 nitrogen and oxygen atoms in total. The predicted octanol–water partition coefficient (Wildman–Crippen LogP) is 2.63. The summed E-state index contributed by atoms with van der Waals surface area (Å²) >= 11 is 0.925. The predicted molar refractivity (Wildman–Crippen MR) is 72.1 cm³/mol. The van der Waals surface area contributed by atoms with E-state index in [4.69, 9.17) is 5.11 Å². The van der Waals surface area contributed by atoms with E-state index >= 15 is 0 Å². The molecule has 0 spiro atoms. The molecule has 2 rings (SSSR count). The van der Waals surface area contributed by atoms with Crippen LogP contribution in [0, 0.1) is 18.6 Å². The summed E-state index contributed by atoms with van der Waals surface area (Å²) in [5, 5.41) is 9.06. The van der Waals surface area contributed by atoms with E-state index < -0.39 is 21.7 Å². The van der Waals surface area contributed by atoms with Crippen LogP contribution in [0.15, 0.2) is 28.5 Å². The van der Waals surface area contributed by atoms with E-state index in [-0.39, 0.29) is 16.5 Å². The van der Waals surface area contributed by atoms with Crippen LogP contribution in [-0.2, 0) is 16.6 Å². The van der Waals surface area contributed by atoms with Crippen LogP contribution < -0.4 is 4.72 Å². The molecule has 0 atom stereocenters. The zero-order valence-corrected chi connectivity index (χ0v) is 12.0. The molecule has 1 aromatic heterocycles. The third-order valence-corrected chi connectivity index (χ3v) is 5.66. The lowest BCUT2D eigenvalue weighted by atomic mass is 10.3. The number of aryl methyl sites for hydroxylation is 1. The van der Waals surface area contributed by atoms with Crippen LogP contribution in [0.2, 0.25) is 0 Å². The van der Waals surface area contributed by atoms with Crippen molar-refractivity contribution in [2.75, 3.05) is 4.72 Å². The van der Waals surface area contributed by atoms with Gasteiger partial charge in [0, 0.05) is 10.9 Å². The first kappa shape index (κ1) is 14.9. The first-order valence-corrected chi connectivity index (χ1v) is 7.81. The number of halogens is 2. The molecule has 0 bridgehead atoms. The zero-order valence-electron chi connectivity index (χ0n) is 10.4. The smallest absolute Gasteiger partial charge is 0.271 e. The lowest BCUT2D eigenvalue weighted by Crippen LogP contribution is -2.11. The molecule has 1 aromatic carbocycles. The van der Waals surface area contributed by atoms with E-state index in [1.54, 1.807) is 6.92 Å². The van der Waals surface area contributed by atoms with Gasteiger partial charge in [-0.15, -0.1) is 11.3 Å². The fourth-order valence-corrected chi connectivity index (χ4v) is 4.04. The number of sulfonamides is 1. The number of thiophene rings is 1. The summed E-state index contributed by atoms with van der Waals surface area (Å²) in [6.07, 6.45) is 0. The molecule has 0 amide bonds. The Morgan fingerprint density at radius 1 is 1.25 bits per heavy atom. The summed E-state index contributed by atoms with van der Waals surface area (Å²) in [5.41, 5.74) is 0.587. The Labute approximate surface area is 118 Å². The quantitative estimate of drug-likeness (QED) is 0.910. The van der Waals surface area contributed by atoms with Crippen molar-refractivity contribution in [2.24, 2.45) is 0 Å². The Morgan fingerprint density at radius 3 is 2.50 bits per heavy atom. The molecule has 0 saturated heterocycles. The van der Waals surface area contributed by atoms with E-state index in [1.807, 2.05) is 0 Å². The van der Waals surface area contributed by atoms with Gasteiger partial charge in [0.25, 0.3) is 10.0 Å². The Morgan fingerprint density at radius 2 is 1.95 bits per heavy atom. The molecule has 1 heterocycles. The van der Waals surface area contributed by atoms with Crippen molar-refractivity contribution in [3.05, 3.63) is 46.3 Å². The SMILES string of the molecule is Cc1cc(S(=O)(=O)Nc2ccc(F)c(F)c2)sc1CO. The Hall–Kier alpha value is -1.51. The van der Waals surface area contributed by atoms with Crippen LogP contribution in [0.5, 0.6) is 0 Å². The number of hydrogen-bond donors (Lipinski definition) is 2. The highest BCUT2D eigenvalue weighted by Gasteiger charge is 2.19. The number of aliphatic hydroxyl groups is 1. The number of aliphatic hydroxyl groups excluding tert-OH is 1. The minimum absolute atomic E-state index is 0.00350. The lowest BCUT2D eigenvalue weighted by Gasteiger charge is -2.06. The van der Waals surface area contributed by atoms with Crippen molar-refractivity contribution in [2.45, 2.75) is 17.7 Å². The van der Waals surface area contributed by atoms with Crippen molar-refractivity contribution < 1.29 is 22.3 Å². The summed E-state index contributed by atoms with van der Waals surface area (Å²) in [4.78, 5) is 0.538. The Bertz CT molecular complexity index is 741. The van der Waals surface area contributed by atoms with Gasteiger partial charge in [0.05, 0.1) is 12.3 Å². The summed E-state index contributed by atoms with van der Waals surface area (Å²) in [7, 11) is -3.89. The molecule has 0 radical (unpaired) electrons. The van der Waals surface area contributed by atoms with Gasteiger partial charge in [0.15, 0.2) is 11.6 Å². The second-order valence-corrected chi connectivity index (χ2v) is 7.11. The van der Waals surface area contributed by atoms with Crippen molar-refractivity contribution in [1.82, 2.24) is 0 Å². The van der Waals surface area contributed by atoms with E-state index in [0.717, 1.165) is 29.5 Å². The van der Waals surface area contributed by atoms with Gasteiger partial charge < -0.3 is 5.11 Å². The average molecular weight is 319 g/mol. The number of anilines is 1. The van der Waals surface area contributed by atoms with Gasteiger partial charge in [-0.1, -0.05) is 0 Å². The van der Waals surface area contributed by atoms with Gasteiger partial charge in [0.2, 0.25) is 0 Å². The monoisotopic (exact) mass is 319 g/mol. The number of nitrogens with one attached hydrogen (secondary N) is 1. The van der Waals surface area contributed by atoms with Crippen LogP contribution >= 0.6 is 11.3 Å². The Kier molecular flexibility index (Phi) is 4.07. The molecule has 0 aliphatic rings. The number of benzene rings is 1. The molecule has 0 aliphatic heterocycles. The van der Waals surface area contributed by atoms with E-state index in [2.05, 4.69) is 4.72 Å². The van der Waals surface area contributed by atoms with Gasteiger partial charge in [-0.2, -0.15) is 0 Å². The van der Waals surface area contributed by atoms with Crippen LogP contribution in [-0.4, -0.2) is 13.5 Å². The van der Waals surface area contributed by atoms with E-state index in [9.17, 15) is 17.2 Å². The fraction of sp³-hybridized carbons (Fsp3) is 0.167. The van der Waals surface area contributed by atoms with Gasteiger partial charge in [-0.05, 0) is 30.7 Å². The largest absolute Gasteiger partial charge is 0.391 e. The highest BCUT2D eigenvalue weighted by Crippen LogP contribution is 2.27. The van der Waals surface area contributed by atoms with Gasteiger partial charge >= 0.3 is 0 Å². The van der Waals surface area contributed by atoms with Crippen LogP contribution in [0.4, 0.5) is 14.5 Å². The second kappa shape index (κ2) is 5.47. The summed E-state index contributed by atoms with van der Waals surface area (Å²) < 4.78 is 52.1. The number of hydrogen-bond acceptors (Lipinski definition) is 4. The molecule has 20 heavy (non-hydrogen) atoms. The van der Waals surface area contributed by atoms with E-state index in [1.165, 1.54) is 6.07 Å². The maximum atomic E-state index is 13.0. The molecule has 2 N–H and O–H groups in total. The van der Waals surface area contributed by atoms with Crippen molar-refractivity contribution in [1.29, 1.82) is 0 Å². The van der Waals surface area contributed by atoms with Crippen LogP contribution in [0.25, 0.3) is 0 Å². The number of rotatable bonds is 4. The topological polar surface area (TPSA) is 66.4 Å². The molecule has 8 heteroatoms. The van der Waals surface area contributed by atoms with Crippen molar-refractivity contribution in [3.63, 3.8) is 0 Å². The molecule has 0 unspecified atom stereocenters. The third-order valence-electron chi connectivity index (χ3n) is 2.58. The van der Waals surface area contributed by atoms with Gasteiger partial charge in [-0.3, -0.25) is 4.72 Å². The zero-order chi connectivity index (χ0) is 14.9. The third kappa shape index (κ3) is 2.97. The first-order valence-electron chi connectivity index (χ1n) is 5.51. The maximum Gasteiger partial charge on any atom is 0.271 e. The molecular formula is C12H11F2NO3S2. The van der Waals surface area contributed by atoms with Crippen molar-refractivity contribution in [3.8, 4) is 0 Å². The highest BCUT2D eigenvalue weighted by atomic mass is 32.2. The fourth-order valence-electron chi connectivity index (χ4n) is 1.54. The minimum Gasteiger partial charge on any atom is -0.391 e. The standard InChI is InChI=1S/C12H11F2NO3S2/c1-7-4-12(19-11(7)6-16)20(17,18)15-8-2-3-9(13)10(14)5-8/h2-5,15-16H,6H2,1H3. The average Bonchev–Trinajstić information content (AvgIpc) is 2.76. The molecule has 0 saturated carbocycles. The van der Waals surface area contributed by atoms with Gasteiger partial charge in [-0.25, -0.2) is 17.2 Å². The normalized spacial score (nSPS) is 11.6. The summed E-state index contributed by atoms with van der Waals surface area (Å²) in [6, 6.07) is 4.15. The molecule has 108 valence electrons. The molecule has 0 fully saturated rings. The lowest BCUT2D eigenvalue weighted by molar-refractivity contribution is 0.285. The van der Waals surface area contributed by atoms with E-state index in [0.29, 0.717) is 10.4 Å². The second-order valence-electron chi connectivity index (χ2n) is 4.06. The first-order chi connectivity index (χ1) is 9.33.